The first-order valence-electron chi connectivity index (χ1n) is 11.0. The van der Waals surface area contributed by atoms with Gasteiger partial charge in [-0.25, -0.2) is 8.42 Å². The van der Waals surface area contributed by atoms with E-state index < -0.39 is 15.7 Å². The highest BCUT2D eigenvalue weighted by atomic mass is 35.5. The summed E-state index contributed by atoms with van der Waals surface area (Å²) in [6.45, 7) is 9.89. The number of sulfonamides is 1. The van der Waals surface area contributed by atoms with Gasteiger partial charge in [-0.15, -0.1) is 0 Å². The van der Waals surface area contributed by atoms with Crippen LogP contribution in [0.15, 0.2) is 23.1 Å². The second kappa shape index (κ2) is 9.56. The number of rotatable bonds is 7. The van der Waals surface area contributed by atoms with Gasteiger partial charge in [0.15, 0.2) is 0 Å². The maximum Gasteiger partial charge on any atom is 0.243 e. The molecule has 2 fully saturated rings. The molecule has 1 spiro atoms. The van der Waals surface area contributed by atoms with E-state index in [9.17, 15) is 13.2 Å². The van der Waals surface area contributed by atoms with Gasteiger partial charge >= 0.3 is 0 Å². The van der Waals surface area contributed by atoms with E-state index in [4.69, 9.17) is 23.2 Å². The van der Waals surface area contributed by atoms with Crippen molar-refractivity contribution in [2.45, 2.75) is 70.0 Å². The lowest BCUT2D eigenvalue weighted by Crippen LogP contribution is -2.60. The van der Waals surface area contributed by atoms with Crippen LogP contribution in [0.2, 0.25) is 10.0 Å². The molecule has 2 saturated heterocycles. The summed E-state index contributed by atoms with van der Waals surface area (Å²) in [6.07, 6.45) is 2.89. The summed E-state index contributed by atoms with van der Waals surface area (Å²) >= 11 is 12.0. The largest absolute Gasteiger partial charge is 0.323 e. The summed E-state index contributed by atoms with van der Waals surface area (Å²) in [7, 11) is -3.68. The quantitative estimate of drug-likeness (QED) is 0.617. The van der Waals surface area contributed by atoms with Crippen LogP contribution in [0.4, 0.5) is 0 Å². The van der Waals surface area contributed by atoms with Gasteiger partial charge in [0.2, 0.25) is 15.9 Å². The van der Waals surface area contributed by atoms with Crippen molar-refractivity contribution >= 4 is 39.1 Å². The minimum atomic E-state index is -3.68. The Morgan fingerprint density at radius 3 is 2.35 bits per heavy atom. The predicted molar refractivity (Wildman–Crippen MR) is 125 cm³/mol. The number of nitrogens with zero attached hydrogens (tertiary/aromatic N) is 2. The molecule has 1 amide bonds. The number of carbonyl (C=O) groups is 1. The molecule has 9 heteroatoms. The molecule has 2 atom stereocenters. The van der Waals surface area contributed by atoms with Gasteiger partial charge in [-0.05, 0) is 49.3 Å². The minimum absolute atomic E-state index is 0.141. The molecule has 1 aromatic rings. The van der Waals surface area contributed by atoms with Crippen LogP contribution in [-0.2, 0) is 14.8 Å². The average molecular weight is 490 g/mol. The average Bonchev–Trinajstić information content (AvgIpc) is 2.94. The Balaban J connectivity index is 1.80. The van der Waals surface area contributed by atoms with E-state index in [-0.39, 0.29) is 21.9 Å². The first-order chi connectivity index (χ1) is 14.5. The molecule has 2 aliphatic heterocycles. The first-order valence-corrected chi connectivity index (χ1v) is 13.2. The zero-order valence-electron chi connectivity index (χ0n) is 18.7. The maximum absolute atomic E-state index is 13.2. The van der Waals surface area contributed by atoms with Gasteiger partial charge < -0.3 is 4.90 Å². The minimum Gasteiger partial charge on any atom is -0.323 e. The standard InChI is InChI=1S/C22H33Cl2N3O3S/c1-5-16(4)14-27-21(28)20(12-15(2)3)25-22(27)8-10-26(11-9-22)31(29,30)17-6-7-18(23)19(24)13-17/h6-7,13,15-16,20,25H,5,8-12,14H2,1-4H3/t16-,20-/m1/s1. The summed E-state index contributed by atoms with van der Waals surface area (Å²) in [6, 6.07) is 4.18. The third kappa shape index (κ3) is 5.06. The number of benzene rings is 1. The third-order valence-corrected chi connectivity index (χ3v) is 9.13. The zero-order chi connectivity index (χ0) is 23.0. The number of carbonyl (C=O) groups excluding carboxylic acids is 1. The van der Waals surface area contributed by atoms with Crippen molar-refractivity contribution in [2.24, 2.45) is 11.8 Å². The first kappa shape index (κ1) is 24.8. The highest BCUT2D eigenvalue weighted by Gasteiger charge is 2.52. The Kier molecular flexibility index (Phi) is 7.64. The lowest BCUT2D eigenvalue weighted by molar-refractivity contribution is -0.134. The van der Waals surface area contributed by atoms with Crippen molar-refractivity contribution in [3.8, 4) is 0 Å². The molecule has 3 rings (SSSR count). The van der Waals surface area contributed by atoms with E-state index in [0.29, 0.717) is 49.3 Å². The fourth-order valence-electron chi connectivity index (χ4n) is 4.50. The maximum atomic E-state index is 13.2. The Bertz CT molecular complexity index is 915. The highest BCUT2D eigenvalue weighted by Crippen LogP contribution is 2.37. The Morgan fingerprint density at radius 2 is 1.81 bits per heavy atom. The molecule has 1 N–H and O–H groups in total. The normalized spacial score (nSPS) is 23.1. The number of halogens is 2. The molecule has 6 nitrogen and oxygen atoms in total. The molecule has 2 heterocycles. The number of hydrogen-bond donors (Lipinski definition) is 1. The van der Waals surface area contributed by atoms with E-state index in [1.54, 1.807) is 0 Å². The highest BCUT2D eigenvalue weighted by molar-refractivity contribution is 7.89. The summed E-state index contributed by atoms with van der Waals surface area (Å²) in [5.41, 5.74) is -0.482. The second-order valence-corrected chi connectivity index (χ2v) is 12.1. The van der Waals surface area contributed by atoms with Crippen LogP contribution in [0.5, 0.6) is 0 Å². The molecule has 0 aromatic heterocycles. The monoisotopic (exact) mass is 489 g/mol. The van der Waals surface area contributed by atoms with E-state index >= 15 is 0 Å². The molecule has 1 aromatic carbocycles. The van der Waals surface area contributed by atoms with Crippen LogP contribution in [0.25, 0.3) is 0 Å². The second-order valence-electron chi connectivity index (χ2n) is 9.30. The van der Waals surface area contributed by atoms with Gasteiger partial charge in [-0.3, -0.25) is 10.1 Å². The van der Waals surface area contributed by atoms with E-state index in [0.717, 1.165) is 12.8 Å². The molecule has 0 bridgehead atoms. The van der Waals surface area contributed by atoms with E-state index in [1.807, 2.05) is 4.90 Å². The van der Waals surface area contributed by atoms with Crippen molar-refractivity contribution in [1.82, 2.24) is 14.5 Å². The fourth-order valence-corrected chi connectivity index (χ4v) is 6.33. The van der Waals surface area contributed by atoms with Gasteiger partial charge in [-0.1, -0.05) is 57.3 Å². The zero-order valence-corrected chi connectivity index (χ0v) is 21.0. The molecule has 0 saturated carbocycles. The number of piperidine rings is 1. The molecular formula is C22H33Cl2N3O3S. The summed E-state index contributed by atoms with van der Waals surface area (Å²) < 4.78 is 27.8. The topological polar surface area (TPSA) is 69.7 Å². The van der Waals surface area contributed by atoms with Crippen LogP contribution >= 0.6 is 23.2 Å². The van der Waals surface area contributed by atoms with Crippen molar-refractivity contribution < 1.29 is 13.2 Å². The molecule has 2 aliphatic rings. The molecule has 0 unspecified atom stereocenters. The number of amides is 1. The molecule has 0 radical (unpaired) electrons. The van der Waals surface area contributed by atoms with Crippen molar-refractivity contribution in [3.63, 3.8) is 0 Å². The van der Waals surface area contributed by atoms with Gasteiger partial charge in [0, 0.05) is 19.6 Å². The fraction of sp³-hybridized carbons (Fsp3) is 0.682. The van der Waals surface area contributed by atoms with Crippen molar-refractivity contribution in [2.75, 3.05) is 19.6 Å². The smallest absolute Gasteiger partial charge is 0.243 e. The number of nitrogens with one attached hydrogen (secondary N) is 1. The SMILES string of the molecule is CC[C@@H](C)CN1C(=O)[C@@H](CC(C)C)NC12CCN(S(=O)(=O)c1ccc(Cl)c(Cl)c1)CC2. The van der Waals surface area contributed by atoms with Gasteiger partial charge in [0.25, 0.3) is 0 Å². The molecule has 174 valence electrons. The van der Waals surface area contributed by atoms with E-state index in [1.165, 1.54) is 22.5 Å². The van der Waals surface area contributed by atoms with Crippen LogP contribution in [-0.4, -0.2) is 54.9 Å². The Labute approximate surface area is 196 Å². The van der Waals surface area contributed by atoms with Gasteiger partial charge in [0.05, 0.1) is 26.6 Å². The van der Waals surface area contributed by atoms with Crippen molar-refractivity contribution in [1.29, 1.82) is 0 Å². The van der Waals surface area contributed by atoms with Crippen LogP contribution in [0.3, 0.4) is 0 Å². The number of hydrogen-bond acceptors (Lipinski definition) is 4. The Hall–Kier alpha value is -0.860. The van der Waals surface area contributed by atoms with Crippen LogP contribution < -0.4 is 5.32 Å². The predicted octanol–water partition coefficient (Wildman–Crippen LogP) is 4.37. The van der Waals surface area contributed by atoms with Crippen molar-refractivity contribution in [3.05, 3.63) is 28.2 Å². The van der Waals surface area contributed by atoms with Gasteiger partial charge in [-0.2, -0.15) is 4.31 Å². The summed E-state index contributed by atoms with van der Waals surface area (Å²) in [5.74, 6) is 0.936. The van der Waals surface area contributed by atoms with Crippen LogP contribution in [0, 0.1) is 11.8 Å². The lowest BCUT2D eigenvalue weighted by Gasteiger charge is -2.45. The molecular weight excluding hydrogens is 457 g/mol. The molecule has 0 aliphatic carbocycles. The lowest BCUT2D eigenvalue weighted by atomic mass is 9.95. The van der Waals surface area contributed by atoms with Crippen LogP contribution in [0.1, 0.15) is 53.4 Å². The molecule has 31 heavy (non-hydrogen) atoms. The summed E-state index contributed by atoms with van der Waals surface area (Å²) in [4.78, 5) is 15.4. The van der Waals surface area contributed by atoms with E-state index in [2.05, 4.69) is 33.0 Å². The third-order valence-electron chi connectivity index (χ3n) is 6.50. The van der Waals surface area contributed by atoms with Gasteiger partial charge in [0.1, 0.15) is 0 Å². The summed E-state index contributed by atoms with van der Waals surface area (Å²) in [5, 5.41) is 4.15. The Morgan fingerprint density at radius 1 is 1.16 bits per heavy atom.